The lowest BCUT2D eigenvalue weighted by molar-refractivity contribution is -0.411. The Morgan fingerprint density at radius 1 is 1.33 bits per heavy atom. The number of carbonyl (C=O) groups is 1. The third-order valence-corrected chi connectivity index (χ3v) is 3.02. The maximum absolute atomic E-state index is 11.4. The molecule has 0 aliphatic rings. The van der Waals surface area contributed by atoms with Crippen LogP contribution in [0.5, 0.6) is 0 Å². The molecule has 1 rings (SSSR count). The van der Waals surface area contributed by atoms with E-state index in [1.54, 1.807) is 12.1 Å². The first-order valence-corrected chi connectivity index (χ1v) is 6.91. The van der Waals surface area contributed by atoms with E-state index in [9.17, 15) is 17.8 Å². The van der Waals surface area contributed by atoms with Crippen LogP contribution in [0, 0.1) is 0 Å². The van der Waals surface area contributed by atoms with E-state index in [0.29, 0.717) is 0 Å². The van der Waals surface area contributed by atoms with Gasteiger partial charge in [0.2, 0.25) is 0 Å². The zero-order chi connectivity index (χ0) is 13.6. The maximum Gasteiger partial charge on any atom is 0.312 e. The van der Waals surface area contributed by atoms with E-state index >= 15 is 0 Å². The summed E-state index contributed by atoms with van der Waals surface area (Å²) in [6.45, 7) is 0.122. The lowest BCUT2D eigenvalue weighted by Gasteiger charge is -2.11. The highest BCUT2D eigenvalue weighted by Crippen LogP contribution is 2.02. The van der Waals surface area contributed by atoms with Gasteiger partial charge in [0.25, 0.3) is 0 Å². The Kier molecular flexibility index (Phi) is 5.26. The lowest BCUT2D eigenvalue weighted by Crippen LogP contribution is -2.64. The number of rotatable bonds is 6. The molecule has 0 spiro atoms. The summed E-state index contributed by atoms with van der Waals surface area (Å²) in [4.78, 5) is 11.4. The van der Waals surface area contributed by atoms with Gasteiger partial charge in [0, 0.05) is 0 Å². The monoisotopic (exact) mass is 273 g/mol. The Hall–Kier alpha value is -1.44. The molecule has 0 aliphatic carbocycles. The zero-order valence-electron chi connectivity index (χ0n) is 9.74. The van der Waals surface area contributed by atoms with Crippen LogP contribution >= 0.6 is 0 Å². The second-order valence-electron chi connectivity index (χ2n) is 3.94. The van der Waals surface area contributed by atoms with Crippen molar-refractivity contribution in [3.8, 4) is 0 Å². The van der Waals surface area contributed by atoms with Gasteiger partial charge in [0.1, 0.15) is 22.8 Å². The summed E-state index contributed by atoms with van der Waals surface area (Å²) in [5.74, 6) is -1.23. The fraction of sp³-hybridized carbons (Fsp3) is 0.364. The van der Waals surface area contributed by atoms with Crippen LogP contribution in [-0.2, 0) is 26.3 Å². The maximum atomic E-state index is 11.4. The van der Waals surface area contributed by atoms with Crippen molar-refractivity contribution in [2.45, 2.75) is 19.1 Å². The molecule has 6 nitrogen and oxygen atoms in total. The van der Waals surface area contributed by atoms with E-state index < -0.39 is 27.9 Å². The number of benzene rings is 1. The molecule has 1 atom stereocenters. The minimum Gasteiger partial charge on any atom is -0.748 e. The minimum atomic E-state index is -4.36. The molecule has 7 heteroatoms. The largest absolute Gasteiger partial charge is 0.748 e. The quantitative estimate of drug-likeness (QED) is 0.543. The van der Waals surface area contributed by atoms with Crippen molar-refractivity contribution < 1.29 is 28.2 Å². The lowest BCUT2D eigenvalue weighted by atomic mass is 10.2. The van der Waals surface area contributed by atoms with Crippen LogP contribution in [0.25, 0.3) is 0 Å². The van der Waals surface area contributed by atoms with Gasteiger partial charge in [-0.15, -0.1) is 0 Å². The van der Waals surface area contributed by atoms with Gasteiger partial charge in [0.15, 0.2) is 0 Å². The summed E-state index contributed by atoms with van der Waals surface area (Å²) in [6.07, 6.45) is -0.186. The van der Waals surface area contributed by atoms with E-state index in [1.165, 1.54) is 0 Å². The number of carbonyl (C=O) groups excluding carboxylic acids is 1. The van der Waals surface area contributed by atoms with Crippen molar-refractivity contribution in [1.82, 2.24) is 0 Å². The topological polar surface area (TPSA) is 111 Å². The predicted molar refractivity (Wildman–Crippen MR) is 62.1 cm³/mol. The third-order valence-electron chi connectivity index (χ3n) is 2.14. The zero-order valence-corrected chi connectivity index (χ0v) is 10.6. The molecule has 0 saturated heterocycles. The summed E-state index contributed by atoms with van der Waals surface area (Å²) >= 11 is 0. The number of hydrogen-bond donors (Lipinski definition) is 1. The molecule has 100 valence electrons. The average molecular weight is 273 g/mol. The van der Waals surface area contributed by atoms with Gasteiger partial charge >= 0.3 is 5.97 Å². The first-order chi connectivity index (χ1) is 8.37. The van der Waals surface area contributed by atoms with Crippen LogP contribution in [0.3, 0.4) is 0 Å². The van der Waals surface area contributed by atoms with Crippen molar-refractivity contribution in [2.24, 2.45) is 0 Å². The van der Waals surface area contributed by atoms with E-state index in [0.717, 1.165) is 5.56 Å². The first-order valence-electron chi connectivity index (χ1n) is 5.33. The second kappa shape index (κ2) is 6.48. The highest BCUT2D eigenvalue weighted by Gasteiger charge is 2.16. The van der Waals surface area contributed by atoms with E-state index in [1.807, 2.05) is 18.2 Å². The SMILES string of the molecule is [NH3+]C(CC(=O)OCc1ccccc1)CS(=O)(=O)[O-]. The molecule has 0 bridgehead atoms. The summed E-state index contributed by atoms with van der Waals surface area (Å²) in [6, 6.07) is 8.30. The Morgan fingerprint density at radius 3 is 2.50 bits per heavy atom. The second-order valence-corrected chi connectivity index (χ2v) is 5.39. The Balaban J connectivity index is 2.34. The summed E-state index contributed by atoms with van der Waals surface area (Å²) < 4.78 is 36.3. The molecule has 0 aromatic heterocycles. The van der Waals surface area contributed by atoms with Crippen molar-refractivity contribution in [3.63, 3.8) is 0 Å². The van der Waals surface area contributed by atoms with Crippen LogP contribution in [0.4, 0.5) is 0 Å². The van der Waals surface area contributed by atoms with Gasteiger partial charge < -0.3 is 15.0 Å². The summed E-state index contributed by atoms with van der Waals surface area (Å²) in [5, 5.41) is 0. The fourth-order valence-electron chi connectivity index (χ4n) is 1.38. The van der Waals surface area contributed by atoms with Crippen LogP contribution in [0.2, 0.25) is 0 Å². The molecule has 3 N–H and O–H groups in total. The smallest absolute Gasteiger partial charge is 0.312 e. The van der Waals surface area contributed by atoms with Crippen molar-refractivity contribution in [2.75, 3.05) is 5.75 Å². The minimum absolute atomic E-state index is 0.122. The number of ether oxygens (including phenoxy) is 1. The van der Waals surface area contributed by atoms with E-state index in [2.05, 4.69) is 5.73 Å². The number of hydrogen-bond acceptors (Lipinski definition) is 5. The Bertz CT molecular complexity index is 485. The van der Waals surface area contributed by atoms with Gasteiger partial charge in [-0.3, -0.25) is 4.79 Å². The van der Waals surface area contributed by atoms with Gasteiger partial charge in [-0.25, -0.2) is 8.42 Å². The third kappa shape index (κ3) is 6.33. The van der Waals surface area contributed by atoms with Crippen LogP contribution in [-0.4, -0.2) is 30.7 Å². The molecule has 0 radical (unpaired) electrons. The molecule has 0 fully saturated rings. The van der Waals surface area contributed by atoms with Gasteiger partial charge in [-0.05, 0) is 5.56 Å². The van der Waals surface area contributed by atoms with Crippen molar-refractivity contribution in [1.29, 1.82) is 0 Å². The molecular weight excluding hydrogens is 258 g/mol. The fourth-order valence-corrected chi connectivity index (χ4v) is 2.08. The summed E-state index contributed by atoms with van der Waals surface area (Å²) in [7, 11) is -4.36. The Morgan fingerprint density at radius 2 is 1.94 bits per heavy atom. The highest BCUT2D eigenvalue weighted by molar-refractivity contribution is 7.85. The number of esters is 1. The van der Waals surface area contributed by atoms with Gasteiger partial charge in [-0.1, -0.05) is 30.3 Å². The summed E-state index contributed by atoms with van der Waals surface area (Å²) in [5.41, 5.74) is 4.27. The standard InChI is InChI=1S/C11H15NO5S/c12-10(8-18(14,15)16)6-11(13)17-7-9-4-2-1-3-5-9/h1-5,10H,6-8,12H2,(H,14,15,16). The molecule has 0 amide bonds. The molecular formula is C11H15NO5S. The van der Waals surface area contributed by atoms with Gasteiger partial charge in [-0.2, -0.15) is 0 Å². The molecule has 1 aromatic carbocycles. The molecule has 1 unspecified atom stereocenters. The van der Waals surface area contributed by atoms with E-state index in [-0.39, 0.29) is 13.0 Å². The first kappa shape index (κ1) is 14.6. The molecule has 0 aliphatic heterocycles. The highest BCUT2D eigenvalue weighted by atomic mass is 32.2. The van der Waals surface area contributed by atoms with Crippen molar-refractivity contribution >= 4 is 16.1 Å². The van der Waals surface area contributed by atoms with Crippen molar-refractivity contribution in [3.05, 3.63) is 35.9 Å². The molecule has 18 heavy (non-hydrogen) atoms. The number of quaternary nitrogens is 1. The molecule has 1 aromatic rings. The van der Waals surface area contributed by atoms with Crippen LogP contribution in [0.15, 0.2) is 30.3 Å². The Labute approximate surface area is 105 Å². The predicted octanol–water partition coefficient (Wildman–Crippen LogP) is -0.724. The van der Waals surface area contributed by atoms with Crippen LogP contribution < -0.4 is 5.73 Å². The normalized spacial score (nSPS) is 13.0. The molecule has 0 heterocycles. The molecule has 0 saturated carbocycles. The van der Waals surface area contributed by atoms with E-state index in [4.69, 9.17) is 4.74 Å². The average Bonchev–Trinajstić information content (AvgIpc) is 2.25. The van der Waals surface area contributed by atoms with Gasteiger partial charge in [0.05, 0.1) is 12.2 Å². The van der Waals surface area contributed by atoms with Crippen LogP contribution in [0.1, 0.15) is 12.0 Å².